The molecule has 0 aliphatic rings. The van der Waals surface area contributed by atoms with Crippen LogP contribution in [0.2, 0.25) is 0 Å². The fraction of sp³-hybridized carbons (Fsp3) is 0.833. The standard InChI is InChI=1S/C18H34O2.Mn/c1-2-3-4-5-6-7-8-9-10-11-12-13-14-15-16-17-18(19)20;/h9-10H,2-8,11-17H2,1H3,(H,19,20);/q;+2/p-1/b10-9-;. The minimum Gasteiger partial charge on any atom is -0.550 e. The Hall–Kier alpha value is -0.271. The molecule has 3 heteroatoms. The van der Waals surface area contributed by atoms with Gasteiger partial charge in [0.15, 0.2) is 0 Å². The van der Waals surface area contributed by atoms with E-state index in [-0.39, 0.29) is 23.5 Å². The van der Waals surface area contributed by atoms with Crippen molar-refractivity contribution in [1.82, 2.24) is 0 Å². The largest absolute Gasteiger partial charge is 2.00 e. The van der Waals surface area contributed by atoms with E-state index < -0.39 is 5.97 Å². The number of hydrogen-bond acceptors (Lipinski definition) is 2. The molecule has 0 fully saturated rings. The first-order chi connectivity index (χ1) is 9.77. The average molecular weight is 336 g/mol. The summed E-state index contributed by atoms with van der Waals surface area (Å²) in [5.41, 5.74) is 0. The Morgan fingerprint density at radius 1 is 0.762 bits per heavy atom. The van der Waals surface area contributed by atoms with Gasteiger partial charge in [-0.3, -0.25) is 0 Å². The molecule has 2 nitrogen and oxygen atoms in total. The molecule has 0 aromatic carbocycles. The molecule has 0 aliphatic carbocycles. The van der Waals surface area contributed by atoms with Gasteiger partial charge in [-0.15, -0.1) is 0 Å². The van der Waals surface area contributed by atoms with E-state index in [0.717, 1.165) is 19.3 Å². The van der Waals surface area contributed by atoms with Crippen LogP contribution in [0.25, 0.3) is 0 Å². The van der Waals surface area contributed by atoms with E-state index in [4.69, 9.17) is 0 Å². The van der Waals surface area contributed by atoms with Crippen LogP contribution in [-0.2, 0) is 21.9 Å². The van der Waals surface area contributed by atoms with Crippen LogP contribution in [0.1, 0.15) is 96.8 Å². The van der Waals surface area contributed by atoms with Crippen molar-refractivity contribution in [2.24, 2.45) is 0 Å². The quantitative estimate of drug-likeness (QED) is 0.245. The zero-order valence-corrected chi connectivity index (χ0v) is 14.9. The molecule has 0 aromatic heterocycles. The number of carboxylic acid groups (broad SMARTS) is 1. The number of hydrogen-bond donors (Lipinski definition) is 0. The zero-order chi connectivity index (χ0) is 14.9. The molecular formula is C18H33MnO2+. The Morgan fingerprint density at radius 2 is 1.19 bits per heavy atom. The van der Waals surface area contributed by atoms with Gasteiger partial charge < -0.3 is 9.90 Å². The van der Waals surface area contributed by atoms with E-state index in [0.29, 0.717) is 0 Å². The van der Waals surface area contributed by atoms with Crippen LogP contribution in [0.4, 0.5) is 0 Å². The van der Waals surface area contributed by atoms with Crippen molar-refractivity contribution in [3.05, 3.63) is 12.2 Å². The molecule has 0 saturated heterocycles. The van der Waals surface area contributed by atoms with Crippen LogP contribution in [0.15, 0.2) is 12.2 Å². The molecule has 0 saturated carbocycles. The minimum absolute atomic E-state index is 0. The number of aliphatic carboxylic acids is 1. The smallest absolute Gasteiger partial charge is 0.550 e. The second-order valence-electron chi connectivity index (χ2n) is 5.71. The van der Waals surface area contributed by atoms with E-state index in [1.54, 1.807) is 0 Å². The molecule has 0 heterocycles. The molecule has 0 aliphatic heterocycles. The van der Waals surface area contributed by atoms with E-state index in [1.807, 2.05) is 0 Å². The maximum atomic E-state index is 10.2. The van der Waals surface area contributed by atoms with Gasteiger partial charge in [-0.25, -0.2) is 0 Å². The van der Waals surface area contributed by atoms with Crippen molar-refractivity contribution >= 4 is 5.97 Å². The number of allylic oxidation sites excluding steroid dienone is 2. The van der Waals surface area contributed by atoms with Gasteiger partial charge in [0.25, 0.3) is 0 Å². The summed E-state index contributed by atoms with van der Waals surface area (Å²) < 4.78 is 0. The summed E-state index contributed by atoms with van der Waals surface area (Å²) in [6, 6.07) is 0. The summed E-state index contributed by atoms with van der Waals surface area (Å²) in [7, 11) is 0. The van der Waals surface area contributed by atoms with Gasteiger partial charge in [0.2, 0.25) is 0 Å². The monoisotopic (exact) mass is 336 g/mol. The molecule has 0 rings (SSSR count). The van der Waals surface area contributed by atoms with Crippen molar-refractivity contribution in [1.29, 1.82) is 0 Å². The topological polar surface area (TPSA) is 40.1 Å². The fourth-order valence-electron chi connectivity index (χ4n) is 2.34. The minimum atomic E-state index is -0.914. The van der Waals surface area contributed by atoms with Crippen molar-refractivity contribution in [2.75, 3.05) is 0 Å². The fourth-order valence-corrected chi connectivity index (χ4v) is 2.34. The van der Waals surface area contributed by atoms with Gasteiger partial charge in [0.1, 0.15) is 0 Å². The summed E-state index contributed by atoms with van der Waals surface area (Å²) in [6.07, 6.45) is 20.9. The van der Waals surface area contributed by atoms with Gasteiger partial charge >= 0.3 is 17.1 Å². The first-order valence-electron chi connectivity index (χ1n) is 8.62. The summed E-state index contributed by atoms with van der Waals surface area (Å²) >= 11 is 0. The molecule has 21 heavy (non-hydrogen) atoms. The van der Waals surface area contributed by atoms with Gasteiger partial charge in [0, 0.05) is 5.97 Å². The van der Waals surface area contributed by atoms with Crippen molar-refractivity contribution < 1.29 is 27.0 Å². The zero-order valence-electron chi connectivity index (χ0n) is 13.7. The normalized spacial score (nSPS) is 10.7. The van der Waals surface area contributed by atoms with E-state index in [9.17, 15) is 9.90 Å². The van der Waals surface area contributed by atoms with Crippen LogP contribution < -0.4 is 5.11 Å². The van der Waals surface area contributed by atoms with Crippen molar-refractivity contribution in [2.45, 2.75) is 96.8 Å². The first-order valence-corrected chi connectivity index (χ1v) is 8.62. The molecule has 123 valence electrons. The maximum absolute atomic E-state index is 10.2. The average Bonchev–Trinajstić information content (AvgIpc) is 2.43. The second-order valence-corrected chi connectivity index (χ2v) is 5.71. The molecular weight excluding hydrogens is 303 g/mol. The number of carbonyl (C=O) groups is 1. The van der Waals surface area contributed by atoms with Crippen molar-refractivity contribution in [3.8, 4) is 0 Å². The molecule has 0 N–H and O–H groups in total. The van der Waals surface area contributed by atoms with E-state index in [1.165, 1.54) is 64.2 Å². The number of rotatable bonds is 15. The van der Waals surface area contributed by atoms with E-state index in [2.05, 4.69) is 19.1 Å². The third-order valence-electron chi connectivity index (χ3n) is 3.64. The molecule has 0 atom stereocenters. The Bertz CT molecular complexity index is 239. The summed E-state index contributed by atoms with van der Waals surface area (Å²) in [5, 5.41) is 10.2. The Kier molecular flexibility index (Phi) is 21.6. The van der Waals surface area contributed by atoms with Crippen molar-refractivity contribution in [3.63, 3.8) is 0 Å². The molecule has 0 spiro atoms. The number of carboxylic acids is 1. The van der Waals surface area contributed by atoms with Gasteiger partial charge in [-0.05, 0) is 38.5 Å². The third kappa shape index (κ3) is 22.2. The molecule has 1 radical (unpaired) electrons. The first kappa shape index (κ1) is 23.0. The third-order valence-corrected chi connectivity index (χ3v) is 3.64. The predicted octanol–water partition coefficient (Wildman–Crippen LogP) is 4.77. The van der Waals surface area contributed by atoms with Gasteiger partial charge in [0.05, 0.1) is 0 Å². The van der Waals surface area contributed by atoms with Crippen LogP contribution >= 0.6 is 0 Å². The number of unbranched alkanes of at least 4 members (excludes halogenated alkanes) is 11. The van der Waals surface area contributed by atoms with Crippen LogP contribution in [0, 0.1) is 0 Å². The van der Waals surface area contributed by atoms with E-state index >= 15 is 0 Å². The predicted molar refractivity (Wildman–Crippen MR) is 84.5 cm³/mol. The Labute approximate surface area is 142 Å². The van der Waals surface area contributed by atoms with Gasteiger partial charge in [-0.1, -0.05) is 70.4 Å². The summed E-state index contributed by atoms with van der Waals surface area (Å²) in [4.78, 5) is 10.2. The van der Waals surface area contributed by atoms with Gasteiger partial charge in [-0.2, -0.15) is 0 Å². The molecule has 0 amide bonds. The second kappa shape index (κ2) is 19.7. The number of carbonyl (C=O) groups excluding carboxylic acids is 1. The molecule has 0 unspecified atom stereocenters. The summed E-state index contributed by atoms with van der Waals surface area (Å²) in [5.74, 6) is -0.914. The Morgan fingerprint density at radius 3 is 1.67 bits per heavy atom. The Balaban J connectivity index is 0. The molecule has 0 bridgehead atoms. The summed E-state index contributed by atoms with van der Waals surface area (Å²) in [6.45, 7) is 2.26. The SMILES string of the molecule is CCCCCCCC/C=C\CCCCCCCC(=O)[O-].[Mn+2]. The van der Waals surface area contributed by atoms with Crippen LogP contribution in [0.3, 0.4) is 0 Å². The maximum Gasteiger partial charge on any atom is 2.00 e. The molecule has 0 aromatic rings. The van der Waals surface area contributed by atoms with Crippen LogP contribution in [-0.4, -0.2) is 5.97 Å². The van der Waals surface area contributed by atoms with Crippen LogP contribution in [0.5, 0.6) is 0 Å².